The van der Waals surface area contributed by atoms with Crippen molar-refractivity contribution >= 4 is 22.0 Å². The molecule has 0 aliphatic carbocycles. The van der Waals surface area contributed by atoms with Gasteiger partial charge in [0.25, 0.3) is 0 Å². The number of carbonyl (C=O) groups is 2. The van der Waals surface area contributed by atoms with Crippen molar-refractivity contribution in [3.63, 3.8) is 0 Å². The van der Waals surface area contributed by atoms with Gasteiger partial charge in [-0.05, 0) is 29.2 Å². The van der Waals surface area contributed by atoms with Crippen LogP contribution in [0.3, 0.4) is 0 Å². The summed E-state index contributed by atoms with van der Waals surface area (Å²) in [6.07, 6.45) is 0. The molecule has 7 nitrogen and oxygen atoms in total. The Balaban J connectivity index is 2.02. The molecule has 0 aliphatic heterocycles. The number of hydrogen-bond acceptors (Lipinski definition) is 6. The maximum atomic E-state index is 12.5. The molecule has 0 aromatic heterocycles. The van der Waals surface area contributed by atoms with Crippen molar-refractivity contribution in [1.29, 1.82) is 0 Å². The fourth-order valence-corrected chi connectivity index (χ4v) is 3.81. The second-order valence-corrected chi connectivity index (χ2v) is 8.06. The van der Waals surface area contributed by atoms with Crippen LogP contribution < -0.4 is 4.72 Å². The topological polar surface area (TPSA) is 98.8 Å². The average molecular weight is 405 g/mol. The van der Waals surface area contributed by atoms with E-state index in [2.05, 4.69) is 9.46 Å². The highest BCUT2D eigenvalue weighted by atomic mass is 32.2. The summed E-state index contributed by atoms with van der Waals surface area (Å²) in [5, 5.41) is 0. The summed E-state index contributed by atoms with van der Waals surface area (Å²) >= 11 is 0. The summed E-state index contributed by atoms with van der Waals surface area (Å²) in [4.78, 5) is 23.5. The van der Waals surface area contributed by atoms with Crippen LogP contribution in [0, 0.1) is 0 Å². The monoisotopic (exact) mass is 405 g/mol. The van der Waals surface area contributed by atoms with Gasteiger partial charge in [0, 0.05) is 0 Å². The molecule has 0 bridgehead atoms. The normalized spacial score (nSPS) is 11.3. The summed E-state index contributed by atoms with van der Waals surface area (Å²) < 4.78 is 36.9. The van der Waals surface area contributed by atoms with E-state index in [1.807, 2.05) is 38.1 Å². The first-order valence-electron chi connectivity index (χ1n) is 8.66. The lowest BCUT2D eigenvalue weighted by molar-refractivity contribution is -0.143. The molecule has 0 spiro atoms. The van der Waals surface area contributed by atoms with E-state index in [0.717, 1.165) is 18.2 Å². The predicted octanol–water partition coefficient (Wildman–Crippen LogP) is 2.62. The SMILES string of the molecule is COC(=O)c1ccccc1S(=O)(=O)NCC(=O)OCc1ccccc1C(C)C. The standard InChI is InChI=1S/C20H23NO6S/c1-14(2)16-9-5-4-8-15(16)13-27-19(22)12-21-28(24,25)18-11-7-6-10-17(18)20(23)26-3/h4-11,14,21H,12-13H2,1-3H3. The molecule has 0 unspecified atom stereocenters. The van der Waals surface area contributed by atoms with E-state index in [4.69, 9.17) is 4.74 Å². The third-order valence-corrected chi connectivity index (χ3v) is 5.51. The number of methoxy groups -OCH3 is 1. The van der Waals surface area contributed by atoms with Gasteiger partial charge in [-0.1, -0.05) is 50.2 Å². The molecular weight excluding hydrogens is 382 g/mol. The number of esters is 2. The van der Waals surface area contributed by atoms with Gasteiger partial charge in [0.1, 0.15) is 13.2 Å². The van der Waals surface area contributed by atoms with E-state index in [1.165, 1.54) is 24.3 Å². The number of carbonyl (C=O) groups excluding carboxylic acids is 2. The highest BCUT2D eigenvalue weighted by Crippen LogP contribution is 2.20. The van der Waals surface area contributed by atoms with E-state index in [-0.39, 0.29) is 23.0 Å². The second kappa shape index (κ2) is 9.48. The van der Waals surface area contributed by atoms with Gasteiger partial charge in [0.2, 0.25) is 10.0 Å². The highest BCUT2D eigenvalue weighted by molar-refractivity contribution is 7.89. The van der Waals surface area contributed by atoms with Crippen molar-refractivity contribution in [1.82, 2.24) is 4.72 Å². The predicted molar refractivity (Wildman–Crippen MR) is 103 cm³/mol. The minimum absolute atomic E-state index is 0.0493. The molecule has 0 heterocycles. The van der Waals surface area contributed by atoms with Crippen LogP contribution in [-0.2, 0) is 30.9 Å². The molecule has 0 amide bonds. The molecule has 1 N–H and O–H groups in total. The summed E-state index contributed by atoms with van der Waals surface area (Å²) in [6.45, 7) is 3.57. The summed E-state index contributed by atoms with van der Waals surface area (Å²) in [5.41, 5.74) is 1.81. The fourth-order valence-electron chi connectivity index (χ4n) is 2.65. The lowest BCUT2D eigenvalue weighted by Gasteiger charge is -2.13. The van der Waals surface area contributed by atoms with Crippen LogP contribution in [-0.4, -0.2) is 34.0 Å². The first-order valence-corrected chi connectivity index (χ1v) is 10.1. The zero-order valence-electron chi connectivity index (χ0n) is 16.0. The number of ether oxygens (including phenoxy) is 2. The fraction of sp³-hybridized carbons (Fsp3) is 0.300. The largest absolute Gasteiger partial charge is 0.465 e. The molecule has 0 fully saturated rings. The zero-order valence-corrected chi connectivity index (χ0v) is 16.8. The molecule has 28 heavy (non-hydrogen) atoms. The molecule has 2 rings (SSSR count). The number of rotatable bonds is 8. The van der Waals surface area contributed by atoms with Crippen molar-refractivity contribution in [2.75, 3.05) is 13.7 Å². The molecule has 8 heteroatoms. The van der Waals surface area contributed by atoms with Crippen LogP contribution in [0.1, 0.15) is 41.3 Å². The smallest absolute Gasteiger partial charge is 0.339 e. The lowest BCUT2D eigenvalue weighted by atomic mass is 9.98. The van der Waals surface area contributed by atoms with Crippen LogP contribution in [0.2, 0.25) is 0 Å². The number of benzene rings is 2. The minimum atomic E-state index is -4.10. The summed E-state index contributed by atoms with van der Waals surface area (Å²) in [5.74, 6) is -1.24. The van der Waals surface area contributed by atoms with Crippen molar-refractivity contribution in [2.45, 2.75) is 31.3 Å². The van der Waals surface area contributed by atoms with E-state index in [1.54, 1.807) is 0 Å². The number of sulfonamides is 1. The Kier molecular flexibility index (Phi) is 7.31. The first kappa shape index (κ1) is 21.6. The van der Waals surface area contributed by atoms with Gasteiger partial charge in [-0.15, -0.1) is 0 Å². The maximum Gasteiger partial charge on any atom is 0.339 e. The molecule has 2 aromatic carbocycles. The quantitative estimate of drug-likeness (QED) is 0.678. The minimum Gasteiger partial charge on any atom is -0.465 e. The molecule has 0 saturated carbocycles. The highest BCUT2D eigenvalue weighted by Gasteiger charge is 2.23. The summed E-state index contributed by atoms with van der Waals surface area (Å²) in [6, 6.07) is 13.2. The van der Waals surface area contributed by atoms with Gasteiger partial charge in [0.15, 0.2) is 0 Å². The second-order valence-electron chi connectivity index (χ2n) is 6.33. The van der Waals surface area contributed by atoms with Crippen molar-refractivity contribution < 1.29 is 27.5 Å². The molecular formula is C20H23NO6S. The third kappa shape index (κ3) is 5.40. The third-order valence-electron chi connectivity index (χ3n) is 4.05. The van der Waals surface area contributed by atoms with Gasteiger partial charge < -0.3 is 9.47 Å². The van der Waals surface area contributed by atoms with Crippen molar-refractivity contribution in [3.8, 4) is 0 Å². The van der Waals surface area contributed by atoms with Gasteiger partial charge in [-0.2, -0.15) is 4.72 Å². The lowest BCUT2D eigenvalue weighted by Crippen LogP contribution is -2.31. The van der Waals surface area contributed by atoms with Crippen LogP contribution >= 0.6 is 0 Å². The van der Waals surface area contributed by atoms with Crippen molar-refractivity contribution in [2.24, 2.45) is 0 Å². The summed E-state index contributed by atoms with van der Waals surface area (Å²) in [7, 11) is -2.94. The molecule has 2 aromatic rings. The first-order chi connectivity index (χ1) is 13.3. The van der Waals surface area contributed by atoms with Crippen molar-refractivity contribution in [3.05, 3.63) is 65.2 Å². The molecule has 0 saturated heterocycles. The Morgan fingerprint density at radius 2 is 1.68 bits per heavy atom. The van der Waals surface area contributed by atoms with Crippen LogP contribution in [0.4, 0.5) is 0 Å². The number of nitrogens with one attached hydrogen (secondary N) is 1. The van der Waals surface area contributed by atoms with Gasteiger partial charge in [-0.3, -0.25) is 4.79 Å². The molecule has 0 radical (unpaired) electrons. The Bertz CT molecular complexity index is 953. The van der Waals surface area contributed by atoms with Crippen LogP contribution in [0.5, 0.6) is 0 Å². The van der Waals surface area contributed by atoms with Crippen LogP contribution in [0.25, 0.3) is 0 Å². The Labute approximate surface area is 164 Å². The number of hydrogen-bond donors (Lipinski definition) is 1. The average Bonchev–Trinajstić information content (AvgIpc) is 2.70. The maximum absolute atomic E-state index is 12.5. The van der Waals surface area contributed by atoms with E-state index in [0.29, 0.717) is 0 Å². The van der Waals surface area contributed by atoms with E-state index in [9.17, 15) is 18.0 Å². The zero-order chi connectivity index (χ0) is 20.7. The molecule has 150 valence electrons. The Morgan fingerprint density at radius 3 is 2.36 bits per heavy atom. The molecule has 0 aliphatic rings. The Hall–Kier alpha value is -2.71. The van der Waals surface area contributed by atoms with Gasteiger partial charge in [-0.25, -0.2) is 13.2 Å². The van der Waals surface area contributed by atoms with E-state index < -0.39 is 28.5 Å². The van der Waals surface area contributed by atoms with E-state index >= 15 is 0 Å². The Morgan fingerprint density at radius 1 is 1.04 bits per heavy atom. The van der Waals surface area contributed by atoms with Gasteiger partial charge in [0.05, 0.1) is 17.6 Å². The van der Waals surface area contributed by atoms with Gasteiger partial charge >= 0.3 is 11.9 Å². The molecule has 0 atom stereocenters. The van der Waals surface area contributed by atoms with Crippen LogP contribution in [0.15, 0.2) is 53.4 Å².